The summed E-state index contributed by atoms with van der Waals surface area (Å²) in [5.41, 5.74) is 6.21. The van der Waals surface area contributed by atoms with Crippen LogP contribution >= 0.6 is 11.9 Å². The van der Waals surface area contributed by atoms with E-state index in [0.29, 0.717) is 0 Å². The van der Waals surface area contributed by atoms with Gasteiger partial charge >= 0.3 is 0 Å². The van der Waals surface area contributed by atoms with Crippen LogP contribution in [0.15, 0.2) is 58.1 Å². The minimum absolute atomic E-state index is 0.0569. The molecule has 3 heterocycles. The fourth-order valence-electron chi connectivity index (χ4n) is 4.55. The van der Waals surface area contributed by atoms with Gasteiger partial charge in [-0.25, -0.2) is 9.71 Å². The molecule has 1 saturated carbocycles. The van der Waals surface area contributed by atoms with Gasteiger partial charge in [0.05, 0.1) is 5.71 Å². The van der Waals surface area contributed by atoms with Crippen molar-refractivity contribution in [3.63, 3.8) is 0 Å². The monoisotopic (exact) mass is 418 g/mol. The highest BCUT2D eigenvalue weighted by Crippen LogP contribution is 2.42. The Labute approximate surface area is 184 Å². The number of aromatic nitrogens is 1. The molecule has 5 heteroatoms. The van der Waals surface area contributed by atoms with Crippen molar-refractivity contribution in [1.29, 1.82) is 0 Å². The van der Waals surface area contributed by atoms with Crippen molar-refractivity contribution in [1.82, 2.24) is 9.71 Å². The van der Waals surface area contributed by atoms with Crippen LogP contribution in [0.2, 0.25) is 0 Å². The largest absolute Gasteiger partial charge is 0.356 e. The molecule has 2 aliphatic heterocycles. The molecule has 1 aliphatic carbocycles. The molecule has 0 radical (unpaired) electrons. The Bertz CT molecular complexity index is 982. The summed E-state index contributed by atoms with van der Waals surface area (Å²) >= 11 is 1.60. The Morgan fingerprint density at radius 1 is 0.967 bits per heavy atom. The van der Waals surface area contributed by atoms with Gasteiger partial charge in [-0.15, -0.1) is 0 Å². The number of benzene rings is 1. The van der Waals surface area contributed by atoms with Gasteiger partial charge in [0.25, 0.3) is 0 Å². The first-order valence-electron chi connectivity index (χ1n) is 11.0. The van der Waals surface area contributed by atoms with Crippen LogP contribution in [0.1, 0.15) is 42.9 Å². The third-order valence-electron chi connectivity index (χ3n) is 6.55. The maximum Gasteiger partial charge on any atom is 0.129 e. The van der Waals surface area contributed by atoms with Gasteiger partial charge < -0.3 is 4.90 Å². The van der Waals surface area contributed by atoms with Gasteiger partial charge in [0.1, 0.15) is 17.0 Å². The normalized spacial score (nSPS) is 21.8. The summed E-state index contributed by atoms with van der Waals surface area (Å²) in [7, 11) is 0. The number of pyridine rings is 1. The summed E-state index contributed by atoms with van der Waals surface area (Å²) in [6.07, 6.45) is 6.13. The number of allylic oxidation sites excluding steroid dienone is 1. The second-order valence-corrected chi connectivity index (χ2v) is 9.80. The lowest BCUT2D eigenvalue weighted by atomic mass is 9.92. The molecule has 0 spiro atoms. The molecule has 2 fully saturated rings. The first-order valence-corrected chi connectivity index (χ1v) is 11.9. The lowest BCUT2D eigenvalue weighted by Gasteiger charge is -2.40. The zero-order chi connectivity index (χ0) is 20.7. The van der Waals surface area contributed by atoms with Crippen LogP contribution in [0, 0.1) is 25.7 Å². The number of aryl methyl sites for hydroxylation is 2. The smallest absolute Gasteiger partial charge is 0.129 e. The molecule has 1 aromatic carbocycles. The molecular formula is C25H30N4S. The highest BCUT2D eigenvalue weighted by molar-refractivity contribution is 7.97. The van der Waals surface area contributed by atoms with E-state index in [0.717, 1.165) is 34.8 Å². The number of aliphatic imine (C=N–C) groups is 1. The van der Waals surface area contributed by atoms with Crippen molar-refractivity contribution < 1.29 is 0 Å². The van der Waals surface area contributed by atoms with Gasteiger partial charge in [-0.2, -0.15) is 0 Å². The average molecular weight is 419 g/mol. The SMILES string of the molecule is CC1=CCC(NSc2cccc(N3CC(C4CC4)C3)n2)N=C1c1c(C)cccc1C. The summed E-state index contributed by atoms with van der Waals surface area (Å²) in [5, 5.41) is 1.01. The third kappa shape index (κ3) is 4.06. The molecule has 1 atom stereocenters. The molecule has 2 aromatic rings. The number of rotatable bonds is 6. The molecule has 0 bridgehead atoms. The lowest BCUT2D eigenvalue weighted by Crippen LogP contribution is -2.48. The second kappa shape index (κ2) is 8.20. The van der Waals surface area contributed by atoms with Crippen molar-refractivity contribution in [2.75, 3.05) is 18.0 Å². The van der Waals surface area contributed by atoms with Gasteiger partial charge in [0.2, 0.25) is 0 Å². The molecule has 3 aliphatic rings. The molecule has 1 saturated heterocycles. The van der Waals surface area contributed by atoms with E-state index in [-0.39, 0.29) is 6.17 Å². The molecule has 4 nitrogen and oxygen atoms in total. The Morgan fingerprint density at radius 2 is 1.70 bits per heavy atom. The maximum atomic E-state index is 5.07. The van der Waals surface area contributed by atoms with Crippen molar-refractivity contribution in [2.45, 2.75) is 51.2 Å². The van der Waals surface area contributed by atoms with Crippen molar-refractivity contribution in [3.8, 4) is 0 Å². The molecular weight excluding hydrogens is 388 g/mol. The van der Waals surface area contributed by atoms with Crippen molar-refractivity contribution in [3.05, 3.63) is 64.7 Å². The predicted molar refractivity (Wildman–Crippen MR) is 126 cm³/mol. The standard InChI is InChI=1S/C25H30N4S/c1-16-6-4-7-17(2)24(16)25-18(3)10-13-21(26-25)28-30-23-9-5-8-22(27-23)29-14-20(15-29)19-11-12-19/h4-10,19-21,28H,11-15H2,1-3H3. The first-order chi connectivity index (χ1) is 14.6. The van der Waals surface area contributed by atoms with E-state index < -0.39 is 0 Å². The molecule has 156 valence electrons. The minimum atomic E-state index is 0.0569. The van der Waals surface area contributed by atoms with Crippen LogP contribution in [0.5, 0.6) is 0 Å². The van der Waals surface area contributed by atoms with E-state index in [9.17, 15) is 0 Å². The summed E-state index contributed by atoms with van der Waals surface area (Å²) in [4.78, 5) is 12.4. The van der Waals surface area contributed by atoms with Crippen LogP contribution in [0.25, 0.3) is 0 Å². The van der Waals surface area contributed by atoms with E-state index in [4.69, 9.17) is 9.98 Å². The quantitative estimate of drug-likeness (QED) is 0.646. The van der Waals surface area contributed by atoms with Crippen LogP contribution in [0.4, 0.5) is 5.82 Å². The number of nitrogens with one attached hydrogen (secondary N) is 1. The number of anilines is 1. The minimum Gasteiger partial charge on any atom is -0.356 e. The summed E-state index contributed by atoms with van der Waals surface area (Å²) < 4.78 is 3.54. The van der Waals surface area contributed by atoms with E-state index >= 15 is 0 Å². The number of nitrogens with zero attached hydrogens (tertiary/aromatic N) is 3. The average Bonchev–Trinajstić information content (AvgIpc) is 3.52. The Balaban J connectivity index is 1.25. The van der Waals surface area contributed by atoms with E-state index in [1.165, 1.54) is 48.2 Å². The highest BCUT2D eigenvalue weighted by Gasteiger charge is 2.39. The summed E-state index contributed by atoms with van der Waals surface area (Å²) in [6.45, 7) is 8.86. The van der Waals surface area contributed by atoms with Crippen LogP contribution < -0.4 is 9.62 Å². The Hall–Kier alpha value is -2.11. The number of dihydropyridines is 1. The van der Waals surface area contributed by atoms with Gasteiger partial charge in [-0.05, 0) is 86.2 Å². The highest BCUT2D eigenvalue weighted by atomic mass is 32.2. The van der Waals surface area contributed by atoms with E-state index in [2.05, 4.69) is 72.9 Å². The lowest BCUT2D eigenvalue weighted by molar-refractivity contribution is 0.361. The summed E-state index contributed by atoms with van der Waals surface area (Å²) in [6, 6.07) is 12.8. The van der Waals surface area contributed by atoms with E-state index in [1.54, 1.807) is 11.9 Å². The van der Waals surface area contributed by atoms with Crippen molar-refractivity contribution >= 4 is 23.5 Å². The maximum absolute atomic E-state index is 5.07. The van der Waals surface area contributed by atoms with Gasteiger partial charge in [-0.3, -0.25) is 4.99 Å². The predicted octanol–water partition coefficient (Wildman–Crippen LogP) is 5.31. The molecule has 5 rings (SSSR count). The Kier molecular flexibility index (Phi) is 5.42. The fraction of sp³-hybridized carbons (Fsp3) is 0.440. The van der Waals surface area contributed by atoms with Crippen LogP contribution in [0.3, 0.4) is 0 Å². The third-order valence-corrected chi connectivity index (χ3v) is 7.38. The molecule has 1 unspecified atom stereocenters. The molecule has 30 heavy (non-hydrogen) atoms. The van der Waals surface area contributed by atoms with E-state index in [1.807, 2.05) is 0 Å². The van der Waals surface area contributed by atoms with Gasteiger partial charge in [0.15, 0.2) is 0 Å². The first kappa shape index (κ1) is 19.8. The fourth-order valence-corrected chi connectivity index (χ4v) is 5.24. The summed E-state index contributed by atoms with van der Waals surface area (Å²) in [5.74, 6) is 3.00. The molecule has 1 aromatic heterocycles. The zero-order valence-corrected chi connectivity index (χ0v) is 18.9. The van der Waals surface area contributed by atoms with Crippen LogP contribution in [-0.2, 0) is 0 Å². The van der Waals surface area contributed by atoms with Crippen LogP contribution in [-0.4, -0.2) is 30.0 Å². The topological polar surface area (TPSA) is 40.5 Å². The molecule has 1 N–H and O–H groups in total. The second-order valence-electron chi connectivity index (χ2n) is 8.94. The number of hydrogen-bond donors (Lipinski definition) is 1. The zero-order valence-electron chi connectivity index (χ0n) is 18.1. The van der Waals surface area contributed by atoms with Crippen molar-refractivity contribution in [2.24, 2.45) is 16.8 Å². The van der Waals surface area contributed by atoms with Gasteiger partial charge in [0, 0.05) is 25.1 Å². The molecule has 0 amide bonds. The number of hydrogen-bond acceptors (Lipinski definition) is 5. The Morgan fingerprint density at radius 3 is 2.43 bits per heavy atom. The van der Waals surface area contributed by atoms with Gasteiger partial charge in [-0.1, -0.05) is 30.3 Å².